The van der Waals surface area contributed by atoms with Crippen LogP contribution in [0.4, 0.5) is 5.69 Å². The number of ether oxygens (including phenoxy) is 1. The van der Waals surface area contributed by atoms with E-state index in [1.54, 1.807) is 0 Å². The van der Waals surface area contributed by atoms with Crippen LogP contribution < -0.4 is 10.1 Å². The van der Waals surface area contributed by atoms with Gasteiger partial charge in [0.2, 0.25) is 0 Å². The molecule has 2 unspecified atom stereocenters. The van der Waals surface area contributed by atoms with Crippen molar-refractivity contribution in [3.8, 4) is 5.75 Å². The summed E-state index contributed by atoms with van der Waals surface area (Å²) in [5.41, 5.74) is 1.10. The SMILES string of the molecule is CC(C)Oc1ccc(NC2CCCC(C(C)C)C2)cc1Cl. The van der Waals surface area contributed by atoms with E-state index in [4.69, 9.17) is 16.3 Å². The van der Waals surface area contributed by atoms with Crippen LogP contribution >= 0.6 is 11.6 Å². The quantitative estimate of drug-likeness (QED) is 0.747. The van der Waals surface area contributed by atoms with Gasteiger partial charge in [-0.3, -0.25) is 0 Å². The molecule has 0 bridgehead atoms. The summed E-state index contributed by atoms with van der Waals surface area (Å²) in [6, 6.07) is 6.59. The van der Waals surface area contributed by atoms with Crippen LogP contribution in [-0.2, 0) is 0 Å². The smallest absolute Gasteiger partial charge is 0.138 e. The van der Waals surface area contributed by atoms with Gasteiger partial charge >= 0.3 is 0 Å². The van der Waals surface area contributed by atoms with E-state index in [1.807, 2.05) is 26.0 Å². The molecule has 0 amide bonds. The Bertz CT molecular complexity index is 459. The van der Waals surface area contributed by atoms with Gasteiger partial charge in [0.05, 0.1) is 11.1 Å². The summed E-state index contributed by atoms with van der Waals surface area (Å²) < 4.78 is 5.68. The lowest BCUT2D eigenvalue weighted by Gasteiger charge is -2.32. The second kappa shape index (κ2) is 7.40. The summed E-state index contributed by atoms with van der Waals surface area (Å²) in [6.45, 7) is 8.69. The predicted octanol–water partition coefficient (Wildman–Crippen LogP) is 5.75. The van der Waals surface area contributed by atoms with Crippen molar-refractivity contribution in [3.63, 3.8) is 0 Å². The molecule has 2 rings (SSSR count). The minimum Gasteiger partial charge on any atom is -0.489 e. The highest BCUT2D eigenvalue weighted by Crippen LogP contribution is 2.33. The first-order valence-corrected chi connectivity index (χ1v) is 8.56. The molecule has 1 aromatic rings. The molecule has 1 aliphatic rings. The Morgan fingerprint density at radius 3 is 2.57 bits per heavy atom. The maximum Gasteiger partial charge on any atom is 0.138 e. The monoisotopic (exact) mass is 309 g/mol. The fourth-order valence-corrected chi connectivity index (χ4v) is 3.37. The van der Waals surface area contributed by atoms with Crippen LogP contribution in [0.3, 0.4) is 0 Å². The van der Waals surface area contributed by atoms with Crippen LogP contribution in [0, 0.1) is 11.8 Å². The maximum atomic E-state index is 6.31. The molecular formula is C18H28ClNO. The zero-order valence-electron chi connectivity index (χ0n) is 13.7. The average Bonchev–Trinajstić information content (AvgIpc) is 2.42. The van der Waals surface area contributed by atoms with E-state index in [2.05, 4.69) is 25.2 Å². The Balaban J connectivity index is 1.98. The fraction of sp³-hybridized carbons (Fsp3) is 0.667. The highest BCUT2D eigenvalue weighted by Gasteiger charge is 2.24. The van der Waals surface area contributed by atoms with E-state index in [9.17, 15) is 0 Å². The molecule has 1 aliphatic carbocycles. The zero-order valence-corrected chi connectivity index (χ0v) is 14.4. The van der Waals surface area contributed by atoms with Gasteiger partial charge in [0.1, 0.15) is 5.75 Å². The van der Waals surface area contributed by atoms with Crippen LogP contribution in [0.5, 0.6) is 5.75 Å². The van der Waals surface area contributed by atoms with Crippen LogP contribution in [-0.4, -0.2) is 12.1 Å². The maximum absolute atomic E-state index is 6.31. The second-order valence-electron chi connectivity index (χ2n) is 6.82. The van der Waals surface area contributed by atoms with Gasteiger partial charge in [0.15, 0.2) is 0 Å². The molecular weight excluding hydrogens is 282 g/mol. The van der Waals surface area contributed by atoms with Gasteiger partial charge in [-0.15, -0.1) is 0 Å². The van der Waals surface area contributed by atoms with Gasteiger partial charge in [0, 0.05) is 11.7 Å². The van der Waals surface area contributed by atoms with Gasteiger partial charge in [0.25, 0.3) is 0 Å². The minimum absolute atomic E-state index is 0.145. The average molecular weight is 310 g/mol. The third kappa shape index (κ3) is 4.81. The summed E-state index contributed by atoms with van der Waals surface area (Å²) in [5, 5.41) is 4.33. The van der Waals surface area contributed by atoms with Gasteiger partial charge < -0.3 is 10.1 Å². The summed E-state index contributed by atoms with van der Waals surface area (Å²) in [7, 11) is 0. The number of benzene rings is 1. The first kappa shape index (κ1) is 16.5. The van der Waals surface area contributed by atoms with Crippen molar-refractivity contribution in [2.45, 2.75) is 65.5 Å². The molecule has 118 valence electrons. The molecule has 1 N–H and O–H groups in total. The van der Waals surface area contributed by atoms with Crippen LogP contribution in [0.15, 0.2) is 18.2 Å². The largest absolute Gasteiger partial charge is 0.489 e. The lowest BCUT2D eigenvalue weighted by molar-refractivity contribution is 0.242. The molecule has 2 atom stereocenters. The highest BCUT2D eigenvalue weighted by molar-refractivity contribution is 6.32. The van der Waals surface area contributed by atoms with Crippen LogP contribution in [0.25, 0.3) is 0 Å². The summed E-state index contributed by atoms with van der Waals surface area (Å²) in [6.07, 6.45) is 5.36. The molecule has 0 aromatic heterocycles. The topological polar surface area (TPSA) is 21.3 Å². The first-order valence-electron chi connectivity index (χ1n) is 8.18. The summed E-state index contributed by atoms with van der Waals surface area (Å²) >= 11 is 6.31. The standard InChI is InChI=1S/C18H28ClNO/c1-12(2)14-6-5-7-15(10-14)20-16-8-9-18(17(19)11-16)21-13(3)4/h8-9,11-15,20H,5-7,10H2,1-4H3. The molecule has 2 nitrogen and oxygen atoms in total. The fourth-order valence-electron chi connectivity index (χ4n) is 3.14. The van der Waals surface area contributed by atoms with Crippen molar-refractivity contribution in [1.82, 2.24) is 0 Å². The Kier molecular flexibility index (Phi) is 5.80. The molecule has 21 heavy (non-hydrogen) atoms. The first-order chi connectivity index (χ1) is 9.95. The molecule has 1 fully saturated rings. The number of nitrogens with one attached hydrogen (secondary N) is 1. The summed E-state index contributed by atoms with van der Waals surface area (Å²) in [5.74, 6) is 2.39. The van der Waals surface area contributed by atoms with Crippen molar-refractivity contribution in [3.05, 3.63) is 23.2 Å². The Morgan fingerprint density at radius 1 is 1.19 bits per heavy atom. The third-order valence-corrected chi connectivity index (χ3v) is 4.62. The molecule has 1 aromatic carbocycles. The number of anilines is 1. The Labute approximate surface area is 134 Å². The predicted molar refractivity (Wildman–Crippen MR) is 91.4 cm³/mol. The van der Waals surface area contributed by atoms with Gasteiger partial charge in [-0.25, -0.2) is 0 Å². The molecule has 0 saturated heterocycles. The van der Waals surface area contributed by atoms with Crippen LogP contribution in [0.2, 0.25) is 5.02 Å². The molecule has 0 radical (unpaired) electrons. The van der Waals surface area contributed by atoms with E-state index < -0.39 is 0 Å². The molecule has 0 heterocycles. The van der Waals surface area contributed by atoms with Crippen LogP contribution in [0.1, 0.15) is 53.4 Å². The molecule has 0 spiro atoms. The molecule has 0 aliphatic heterocycles. The van der Waals surface area contributed by atoms with Crippen molar-refractivity contribution in [2.75, 3.05) is 5.32 Å². The van der Waals surface area contributed by atoms with Gasteiger partial charge in [-0.2, -0.15) is 0 Å². The van der Waals surface area contributed by atoms with Crippen molar-refractivity contribution in [2.24, 2.45) is 11.8 Å². The minimum atomic E-state index is 0.145. The molecule has 3 heteroatoms. The van der Waals surface area contributed by atoms with E-state index in [0.717, 1.165) is 23.3 Å². The Morgan fingerprint density at radius 2 is 1.95 bits per heavy atom. The normalized spacial score (nSPS) is 22.6. The number of halogens is 1. The van der Waals surface area contributed by atoms with E-state index in [1.165, 1.54) is 25.7 Å². The lowest BCUT2D eigenvalue weighted by atomic mass is 9.79. The molecule has 1 saturated carbocycles. The Hall–Kier alpha value is -0.890. The number of rotatable bonds is 5. The highest BCUT2D eigenvalue weighted by atomic mass is 35.5. The van der Waals surface area contributed by atoms with Gasteiger partial charge in [-0.1, -0.05) is 38.3 Å². The second-order valence-corrected chi connectivity index (χ2v) is 7.23. The van der Waals surface area contributed by atoms with Crippen molar-refractivity contribution < 1.29 is 4.74 Å². The number of hydrogen-bond donors (Lipinski definition) is 1. The van der Waals surface area contributed by atoms with Gasteiger partial charge in [-0.05, 0) is 56.7 Å². The lowest BCUT2D eigenvalue weighted by Crippen LogP contribution is -2.29. The zero-order chi connectivity index (χ0) is 15.4. The van der Waals surface area contributed by atoms with E-state index in [-0.39, 0.29) is 6.10 Å². The number of hydrogen-bond acceptors (Lipinski definition) is 2. The van der Waals surface area contributed by atoms with Crippen molar-refractivity contribution in [1.29, 1.82) is 0 Å². The van der Waals surface area contributed by atoms with E-state index in [0.29, 0.717) is 11.1 Å². The van der Waals surface area contributed by atoms with Crippen molar-refractivity contribution >= 4 is 17.3 Å². The van der Waals surface area contributed by atoms with E-state index >= 15 is 0 Å². The third-order valence-electron chi connectivity index (χ3n) is 4.32. The summed E-state index contributed by atoms with van der Waals surface area (Å²) in [4.78, 5) is 0.